The average Bonchev–Trinajstić information content (AvgIpc) is 3.32. The van der Waals surface area contributed by atoms with E-state index in [1.807, 2.05) is 16.8 Å². The van der Waals surface area contributed by atoms with Crippen LogP contribution in [-0.4, -0.2) is 38.2 Å². The number of rotatable bonds is 7. The molecule has 3 aromatic heterocycles. The number of carbonyl (C=O) groups excluding carboxylic acids is 3. The monoisotopic (exact) mass is 369 g/mol. The highest BCUT2D eigenvalue weighted by Gasteiger charge is 2.27. The summed E-state index contributed by atoms with van der Waals surface area (Å²) >= 11 is 1.46. The third-order valence-corrected chi connectivity index (χ3v) is 4.38. The fraction of sp³-hybridized carbons (Fsp3) is 0.118. The molecule has 0 fully saturated rings. The van der Waals surface area contributed by atoms with Gasteiger partial charge in [-0.3, -0.25) is 19.0 Å². The van der Waals surface area contributed by atoms with E-state index in [9.17, 15) is 14.4 Å². The molecule has 3 N–H and O–H groups in total. The molecule has 0 bridgehead atoms. The van der Waals surface area contributed by atoms with Gasteiger partial charge in [-0.1, -0.05) is 6.07 Å². The van der Waals surface area contributed by atoms with Crippen LogP contribution in [0.15, 0.2) is 53.7 Å². The molecule has 0 aliphatic heterocycles. The van der Waals surface area contributed by atoms with E-state index in [1.165, 1.54) is 28.4 Å². The standard InChI is InChI=1S/C17H15N5O3S/c18-16(24)15(23)12(7-11-4-6-26-9-11)21-17(25)13-8-19-10-22(13)14-3-1-2-5-20-14/h1-6,8-10,12H,7H2,(H2,18,24)(H,21,25). The third kappa shape index (κ3) is 3.83. The van der Waals surface area contributed by atoms with E-state index < -0.39 is 23.6 Å². The first-order valence-corrected chi connectivity index (χ1v) is 8.60. The quantitative estimate of drug-likeness (QED) is 0.595. The first kappa shape index (κ1) is 17.5. The first-order chi connectivity index (χ1) is 12.6. The van der Waals surface area contributed by atoms with Crippen molar-refractivity contribution in [3.05, 3.63) is 65.0 Å². The molecule has 132 valence electrons. The summed E-state index contributed by atoms with van der Waals surface area (Å²) in [6, 6.07) is 6.01. The largest absolute Gasteiger partial charge is 0.363 e. The van der Waals surface area contributed by atoms with Crippen LogP contribution in [0.4, 0.5) is 0 Å². The lowest BCUT2D eigenvalue weighted by Crippen LogP contribution is -2.47. The van der Waals surface area contributed by atoms with Crippen molar-refractivity contribution in [1.29, 1.82) is 0 Å². The molecule has 3 heterocycles. The zero-order valence-corrected chi connectivity index (χ0v) is 14.3. The molecule has 0 radical (unpaired) electrons. The van der Waals surface area contributed by atoms with Gasteiger partial charge in [0.25, 0.3) is 11.8 Å². The summed E-state index contributed by atoms with van der Waals surface area (Å²) in [5.74, 6) is -1.99. The minimum Gasteiger partial charge on any atom is -0.363 e. The number of Topliss-reactive ketones (excluding diaryl/α,β-unsaturated/α-hetero) is 1. The fourth-order valence-corrected chi connectivity index (χ4v) is 3.08. The third-order valence-electron chi connectivity index (χ3n) is 3.65. The second-order valence-electron chi connectivity index (χ2n) is 5.43. The van der Waals surface area contributed by atoms with Crippen LogP contribution in [0, 0.1) is 0 Å². The van der Waals surface area contributed by atoms with E-state index in [2.05, 4.69) is 15.3 Å². The molecule has 1 atom stereocenters. The summed E-state index contributed by atoms with van der Waals surface area (Å²) in [5, 5.41) is 6.26. The predicted molar refractivity (Wildman–Crippen MR) is 94.8 cm³/mol. The van der Waals surface area contributed by atoms with Crippen LogP contribution >= 0.6 is 11.3 Å². The van der Waals surface area contributed by atoms with Gasteiger partial charge in [0.15, 0.2) is 0 Å². The number of pyridine rings is 1. The maximum absolute atomic E-state index is 12.7. The Bertz CT molecular complexity index is 921. The molecule has 0 spiro atoms. The molecule has 9 heteroatoms. The number of hydrogen-bond acceptors (Lipinski definition) is 6. The number of nitrogens with zero attached hydrogens (tertiary/aromatic N) is 3. The maximum atomic E-state index is 12.7. The van der Waals surface area contributed by atoms with Gasteiger partial charge in [0.1, 0.15) is 23.9 Å². The van der Waals surface area contributed by atoms with Crippen molar-refractivity contribution in [2.45, 2.75) is 12.5 Å². The Hall–Kier alpha value is -3.33. The van der Waals surface area contributed by atoms with Crippen molar-refractivity contribution in [1.82, 2.24) is 19.9 Å². The lowest BCUT2D eigenvalue weighted by molar-refractivity contribution is -0.137. The van der Waals surface area contributed by atoms with Crippen molar-refractivity contribution in [3.8, 4) is 5.82 Å². The molecule has 8 nitrogen and oxygen atoms in total. The number of nitrogens with two attached hydrogens (primary N) is 1. The average molecular weight is 369 g/mol. The normalized spacial score (nSPS) is 11.7. The van der Waals surface area contributed by atoms with Crippen molar-refractivity contribution < 1.29 is 14.4 Å². The summed E-state index contributed by atoms with van der Waals surface area (Å²) in [7, 11) is 0. The number of nitrogens with one attached hydrogen (secondary N) is 1. The number of amides is 2. The molecular weight excluding hydrogens is 354 g/mol. The Labute approximate surface area is 152 Å². The van der Waals surface area contributed by atoms with Gasteiger partial charge in [0, 0.05) is 12.6 Å². The minimum absolute atomic E-state index is 0.175. The van der Waals surface area contributed by atoms with Crippen LogP contribution in [-0.2, 0) is 16.0 Å². The summed E-state index contributed by atoms with van der Waals surface area (Å²) in [6.07, 6.45) is 4.57. The van der Waals surface area contributed by atoms with E-state index in [0.29, 0.717) is 5.82 Å². The fourth-order valence-electron chi connectivity index (χ4n) is 2.40. The number of primary amides is 1. The van der Waals surface area contributed by atoms with Gasteiger partial charge in [-0.25, -0.2) is 9.97 Å². The molecule has 0 aromatic carbocycles. The molecule has 1 unspecified atom stereocenters. The van der Waals surface area contributed by atoms with Gasteiger partial charge in [-0.15, -0.1) is 0 Å². The van der Waals surface area contributed by atoms with Crippen molar-refractivity contribution in [3.63, 3.8) is 0 Å². The summed E-state index contributed by atoms with van der Waals surface area (Å²) in [5.41, 5.74) is 6.13. The Kier molecular flexibility index (Phi) is 5.18. The smallest absolute Gasteiger partial charge is 0.287 e. The molecule has 26 heavy (non-hydrogen) atoms. The number of carbonyl (C=O) groups is 3. The minimum atomic E-state index is -1.09. The summed E-state index contributed by atoms with van der Waals surface area (Å²) in [4.78, 5) is 44.2. The van der Waals surface area contributed by atoms with Crippen LogP contribution in [0.1, 0.15) is 16.1 Å². The molecular formula is C17H15N5O3S. The van der Waals surface area contributed by atoms with Gasteiger partial charge in [-0.05, 0) is 34.5 Å². The van der Waals surface area contributed by atoms with Gasteiger partial charge >= 0.3 is 0 Å². The highest BCUT2D eigenvalue weighted by molar-refractivity contribution is 7.07. The van der Waals surface area contributed by atoms with Crippen LogP contribution in [0.3, 0.4) is 0 Å². The molecule has 0 aliphatic rings. The number of thiophene rings is 1. The van der Waals surface area contributed by atoms with E-state index in [-0.39, 0.29) is 12.1 Å². The van der Waals surface area contributed by atoms with E-state index in [0.717, 1.165) is 5.56 Å². The predicted octanol–water partition coefficient (Wildman–Crippen LogP) is 0.724. The Morgan fingerprint density at radius 2 is 2.12 bits per heavy atom. The molecule has 0 aliphatic carbocycles. The number of imidazole rings is 1. The highest BCUT2D eigenvalue weighted by Crippen LogP contribution is 2.12. The molecule has 0 saturated carbocycles. The summed E-state index contributed by atoms with van der Waals surface area (Å²) in [6.45, 7) is 0. The lowest BCUT2D eigenvalue weighted by atomic mass is 10.0. The van der Waals surface area contributed by atoms with Crippen molar-refractivity contribution in [2.75, 3.05) is 0 Å². The van der Waals surface area contributed by atoms with E-state index >= 15 is 0 Å². The van der Waals surface area contributed by atoms with E-state index in [1.54, 1.807) is 24.4 Å². The number of aromatic nitrogens is 3. The topological polar surface area (TPSA) is 120 Å². The Morgan fingerprint density at radius 1 is 1.27 bits per heavy atom. The zero-order valence-electron chi connectivity index (χ0n) is 13.5. The molecule has 0 saturated heterocycles. The maximum Gasteiger partial charge on any atom is 0.287 e. The van der Waals surface area contributed by atoms with Crippen LogP contribution in [0.5, 0.6) is 0 Å². The Morgan fingerprint density at radius 3 is 2.77 bits per heavy atom. The van der Waals surface area contributed by atoms with Crippen LogP contribution in [0.2, 0.25) is 0 Å². The van der Waals surface area contributed by atoms with Crippen molar-refractivity contribution >= 4 is 28.9 Å². The number of hydrogen-bond donors (Lipinski definition) is 2. The lowest BCUT2D eigenvalue weighted by Gasteiger charge is -2.16. The second-order valence-corrected chi connectivity index (χ2v) is 6.21. The van der Waals surface area contributed by atoms with Crippen molar-refractivity contribution in [2.24, 2.45) is 5.73 Å². The van der Waals surface area contributed by atoms with Gasteiger partial charge < -0.3 is 11.1 Å². The molecule has 3 aromatic rings. The Balaban J connectivity index is 1.83. The van der Waals surface area contributed by atoms with E-state index in [4.69, 9.17) is 5.73 Å². The SMILES string of the molecule is NC(=O)C(=O)C(Cc1ccsc1)NC(=O)c1cncn1-c1ccccn1. The zero-order chi connectivity index (χ0) is 18.5. The van der Waals surface area contributed by atoms with Gasteiger partial charge in [0.05, 0.1) is 6.20 Å². The van der Waals surface area contributed by atoms with Crippen LogP contribution in [0.25, 0.3) is 5.82 Å². The second kappa shape index (κ2) is 7.70. The van der Waals surface area contributed by atoms with Gasteiger partial charge in [0.2, 0.25) is 5.78 Å². The van der Waals surface area contributed by atoms with Gasteiger partial charge in [-0.2, -0.15) is 11.3 Å². The molecule has 2 amide bonds. The number of ketones is 1. The van der Waals surface area contributed by atoms with Crippen LogP contribution < -0.4 is 11.1 Å². The highest BCUT2D eigenvalue weighted by atomic mass is 32.1. The summed E-state index contributed by atoms with van der Waals surface area (Å²) < 4.78 is 1.49. The molecule has 3 rings (SSSR count). The first-order valence-electron chi connectivity index (χ1n) is 7.65.